The Kier molecular flexibility index (Phi) is 8.72. The van der Waals surface area contributed by atoms with E-state index < -0.39 is 0 Å². The van der Waals surface area contributed by atoms with Crippen molar-refractivity contribution in [2.75, 3.05) is 20.7 Å². The van der Waals surface area contributed by atoms with E-state index in [0.29, 0.717) is 6.10 Å². The zero-order valence-corrected chi connectivity index (χ0v) is 13.7. The molecule has 2 unspecified atom stereocenters. The van der Waals surface area contributed by atoms with E-state index >= 15 is 0 Å². The maximum atomic E-state index is 5.54. The third-order valence-electron chi connectivity index (χ3n) is 4.83. The van der Waals surface area contributed by atoms with E-state index in [2.05, 4.69) is 25.8 Å². The van der Waals surface area contributed by atoms with Gasteiger partial charge in [0.15, 0.2) is 0 Å². The largest absolute Gasteiger partial charge is 0.381 e. The minimum Gasteiger partial charge on any atom is -0.381 e. The highest BCUT2D eigenvalue weighted by atomic mass is 16.5. The molecule has 1 saturated carbocycles. The maximum Gasteiger partial charge on any atom is 0.0571 e. The lowest BCUT2D eigenvalue weighted by atomic mass is 9.77. The molecule has 0 saturated heterocycles. The molecule has 0 aromatic heterocycles. The lowest BCUT2D eigenvalue weighted by molar-refractivity contribution is 0.0732. The lowest BCUT2D eigenvalue weighted by Crippen LogP contribution is -2.41. The molecule has 1 rings (SSSR count). The second kappa shape index (κ2) is 9.77. The fourth-order valence-electron chi connectivity index (χ4n) is 3.37. The summed E-state index contributed by atoms with van der Waals surface area (Å²) in [5.74, 6) is 0.985. The van der Waals surface area contributed by atoms with Crippen LogP contribution in [-0.2, 0) is 4.74 Å². The molecule has 114 valence electrons. The molecule has 0 spiro atoms. The van der Waals surface area contributed by atoms with E-state index in [0.717, 1.165) is 12.0 Å². The van der Waals surface area contributed by atoms with Crippen LogP contribution in [0.1, 0.15) is 71.6 Å². The Bertz CT molecular complexity index is 215. The molecule has 0 amide bonds. The van der Waals surface area contributed by atoms with Crippen LogP contribution in [0.25, 0.3) is 0 Å². The van der Waals surface area contributed by atoms with Crippen molar-refractivity contribution in [3.63, 3.8) is 0 Å². The first-order valence-electron chi connectivity index (χ1n) is 8.45. The summed E-state index contributed by atoms with van der Waals surface area (Å²) in [6.45, 7) is 5.80. The van der Waals surface area contributed by atoms with Crippen molar-refractivity contribution < 1.29 is 4.74 Å². The Labute approximate surface area is 120 Å². The predicted molar refractivity (Wildman–Crippen MR) is 83.6 cm³/mol. The highest BCUT2D eigenvalue weighted by Gasteiger charge is 2.29. The summed E-state index contributed by atoms with van der Waals surface area (Å²) < 4.78 is 5.54. The van der Waals surface area contributed by atoms with Crippen LogP contribution in [0.4, 0.5) is 0 Å². The van der Waals surface area contributed by atoms with Crippen molar-refractivity contribution in [2.45, 2.75) is 83.8 Å². The SMILES string of the molecule is CCCC(CCCN(C)C(CCC)C1CCC1)OC. The smallest absolute Gasteiger partial charge is 0.0571 e. The topological polar surface area (TPSA) is 12.5 Å². The maximum absolute atomic E-state index is 5.54. The van der Waals surface area contributed by atoms with E-state index in [1.165, 1.54) is 64.3 Å². The summed E-state index contributed by atoms with van der Waals surface area (Å²) in [4.78, 5) is 2.63. The van der Waals surface area contributed by atoms with Crippen LogP contribution in [0.2, 0.25) is 0 Å². The summed E-state index contributed by atoms with van der Waals surface area (Å²) in [6, 6.07) is 0.839. The van der Waals surface area contributed by atoms with Gasteiger partial charge in [-0.15, -0.1) is 0 Å². The first-order chi connectivity index (χ1) is 9.22. The monoisotopic (exact) mass is 269 g/mol. The van der Waals surface area contributed by atoms with E-state index in [1.54, 1.807) is 0 Å². The van der Waals surface area contributed by atoms with Crippen molar-refractivity contribution in [2.24, 2.45) is 5.92 Å². The summed E-state index contributed by atoms with van der Waals surface area (Å²) in [5.41, 5.74) is 0. The van der Waals surface area contributed by atoms with E-state index in [9.17, 15) is 0 Å². The van der Waals surface area contributed by atoms with E-state index in [-0.39, 0.29) is 0 Å². The van der Waals surface area contributed by atoms with Crippen molar-refractivity contribution >= 4 is 0 Å². The molecule has 0 radical (unpaired) electrons. The van der Waals surface area contributed by atoms with Crippen LogP contribution in [0.15, 0.2) is 0 Å². The number of ether oxygens (including phenoxy) is 1. The average molecular weight is 269 g/mol. The Morgan fingerprint density at radius 2 is 1.79 bits per heavy atom. The van der Waals surface area contributed by atoms with Crippen molar-refractivity contribution in [3.05, 3.63) is 0 Å². The van der Waals surface area contributed by atoms with Gasteiger partial charge in [-0.2, -0.15) is 0 Å². The predicted octanol–water partition coefficient (Wildman–Crippen LogP) is 4.48. The third kappa shape index (κ3) is 5.83. The van der Waals surface area contributed by atoms with Gasteiger partial charge in [-0.1, -0.05) is 33.1 Å². The average Bonchev–Trinajstić information content (AvgIpc) is 2.35. The van der Waals surface area contributed by atoms with Gasteiger partial charge in [0.1, 0.15) is 0 Å². The van der Waals surface area contributed by atoms with Gasteiger partial charge in [-0.3, -0.25) is 0 Å². The highest BCUT2D eigenvalue weighted by molar-refractivity contribution is 4.83. The van der Waals surface area contributed by atoms with Crippen LogP contribution in [0, 0.1) is 5.92 Å². The number of rotatable bonds is 11. The van der Waals surface area contributed by atoms with E-state index in [4.69, 9.17) is 4.74 Å². The molecular formula is C17H35NO. The van der Waals surface area contributed by atoms with Gasteiger partial charge >= 0.3 is 0 Å². The van der Waals surface area contributed by atoms with Gasteiger partial charge in [-0.25, -0.2) is 0 Å². The number of hydrogen-bond donors (Lipinski definition) is 0. The van der Waals surface area contributed by atoms with E-state index in [1.807, 2.05) is 7.11 Å². The fraction of sp³-hybridized carbons (Fsp3) is 1.00. The quantitative estimate of drug-likeness (QED) is 0.548. The second-order valence-electron chi connectivity index (χ2n) is 6.32. The van der Waals surface area contributed by atoms with Gasteiger partial charge in [0.05, 0.1) is 6.10 Å². The van der Waals surface area contributed by atoms with Crippen molar-refractivity contribution in [3.8, 4) is 0 Å². The summed E-state index contributed by atoms with van der Waals surface area (Å²) in [6.07, 6.45) is 12.5. The number of hydrogen-bond acceptors (Lipinski definition) is 2. The number of methoxy groups -OCH3 is 1. The summed E-state index contributed by atoms with van der Waals surface area (Å²) >= 11 is 0. The molecular weight excluding hydrogens is 234 g/mol. The molecule has 2 heteroatoms. The Morgan fingerprint density at radius 3 is 2.26 bits per heavy atom. The molecule has 0 N–H and O–H groups in total. The molecule has 0 aromatic rings. The lowest BCUT2D eigenvalue weighted by Gasteiger charge is -2.39. The third-order valence-corrected chi connectivity index (χ3v) is 4.83. The van der Waals surface area contributed by atoms with Crippen LogP contribution in [0.3, 0.4) is 0 Å². The minimum atomic E-state index is 0.478. The molecule has 1 aliphatic carbocycles. The molecule has 2 atom stereocenters. The molecule has 0 aliphatic heterocycles. The summed E-state index contributed by atoms with van der Waals surface area (Å²) in [5, 5.41) is 0. The molecule has 0 bridgehead atoms. The van der Waals surface area contributed by atoms with Crippen LogP contribution < -0.4 is 0 Å². The van der Waals surface area contributed by atoms with Crippen LogP contribution in [-0.4, -0.2) is 37.7 Å². The van der Waals surface area contributed by atoms with Gasteiger partial charge in [-0.05, 0) is 58.0 Å². The van der Waals surface area contributed by atoms with Crippen molar-refractivity contribution in [1.82, 2.24) is 4.90 Å². The van der Waals surface area contributed by atoms with Gasteiger partial charge in [0, 0.05) is 13.2 Å². The Hall–Kier alpha value is -0.0800. The molecule has 1 aliphatic rings. The fourth-order valence-corrected chi connectivity index (χ4v) is 3.37. The van der Waals surface area contributed by atoms with Crippen LogP contribution in [0.5, 0.6) is 0 Å². The molecule has 0 heterocycles. The molecule has 1 fully saturated rings. The standard InChI is InChI=1S/C17H35NO/c1-5-9-16(19-4)13-8-14-18(3)17(10-6-2)15-11-7-12-15/h15-17H,5-14H2,1-4H3. The van der Waals surface area contributed by atoms with Gasteiger partial charge < -0.3 is 9.64 Å². The molecule has 0 aromatic carbocycles. The summed E-state index contributed by atoms with van der Waals surface area (Å²) in [7, 11) is 4.19. The minimum absolute atomic E-state index is 0.478. The first kappa shape index (κ1) is 17.0. The second-order valence-corrected chi connectivity index (χ2v) is 6.32. The first-order valence-corrected chi connectivity index (χ1v) is 8.45. The molecule has 2 nitrogen and oxygen atoms in total. The zero-order chi connectivity index (χ0) is 14.1. The number of nitrogens with zero attached hydrogens (tertiary/aromatic N) is 1. The Balaban J connectivity index is 2.25. The highest BCUT2D eigenvalue weighted by Crippen LogP contribution is 2.34. The van der Waals surface area contributed by atoms with Gasteiger partial charge in [0.25, 0.3) is 0 Å². The van der Waals surface area contributed by atoms with Gasteiger partial charge in [0.2, 0.25) is 0 Å². The van der Waals surface area contributed by atoms with Crippen molar-refractivity contribution in [1.29, 1.82) is 0 Å². The molecule has 19 heavy (non-hydrogen) atoms. The normalized spacial score (nSPS) is 19.4. The van der Waals surface area contributed by atoms with Crippen LogP contribution >= 0.6 is 0 Å². The zero-order valence-electron chi connectivity index (χ0n) is 13.7. The Morgan fingerprint density at radius 1 is 1.11 bits per heavy atom.